The Morgan fingerprint density at radius 1 is 0.806 bits per heavy atom. The van der Waals surface area contributed by atoms with Crippen molar-refractivity contribution in [3.63, 3.8) is 0 Å². The van der Waals surface area contributed by atoms with Crippen molar-refractivity contribution in [2.75, 3.05) is 0 Å². The van der Waals surface area contributed by atoms with E-state index in [1.807, 2.05) is 0 Å². The number of halogens is 2. The Labute approximate surface area is 212 Å². The van der Waals surface area contributed by atoms with E-state index >= 15 is 0 Å². The summed E-state index contributed by atoms with van der Waals surface area (Å²) in [5.74, 6) is 0. The fourth-order valence-electron chi connectivity index (χ4n) is 4.69. The van der Waals surface area contributed by atoms with E-state index in [0.29, 0.717) is 3.63 Å². The molecule has 0 amide bonds. The van der Waals surface area contributed by atoms with Gasteiger partial charge in [-0.15, -0.1) is 0 Å². The molecule has 0 aromatic heterocycles. The molecule has 2 aliphatic carbocycles. The molecule has 0 radical (unpaired) electrons. The zero-order valence-electron chi connectivity index (χ0n) is 19.2. The van der Waals surface area contributed by atoms with E-state index in [4.69, 9.17) is 0 Å². The van der Waals surface area contributed by atoms with Crippen molar-refractivity contribution in [3.05, 3.63) is 96.4 Å². The van der Waals surface area contributed by atoms with Crippen LogP contribution in [-0.4, -0.2) is 0 Å². The van der Waals surface area contributed by atoms with Crippen LogP contribution in [0, 0.1) is 5.41 Å². The molecule has 0 nitrogen and oxygen atoms in total. The van der Waals surface area contributed by atoms with Gasteiger partial charge in [0.2, 0.25) is 0 Å². The van der Waals surface area contributed by atoms with E-state index < -0.39 is 23.2 Å². The molecule has 0 N–H and O–H groups in total. The van der Waals surface area contributed by atoms with Gasteiger partial charge < -0.3 is 24.8 Å². The number of fused-ring (bicyclic) bond motifs is 1. The van der Waals surface area contributed by atoms with Gasteiger partial charge in [0.15, 0.2) is 0 Å². The van der Waals surface area contributed by atoms with Gasteiger partial charge in [-0.05, 0) is 0 Å². The summed E-state index contributed by atoms with van der Waals surface area (Å²) in [6.45, 7) is 14.2. The maximum absolute atomic E-state index is 2.45. The number of hydrogen-bond acceptors (Lipinski definition) is 0. The van der Waals surface area contributed by atoms with Gasteiger partial charge in [-0.1, -0.05) is 0 Å². The molecule has 0 saturated heterocycles. The molecular formula is C28H30Cl2Zr. The van der Waals surface area contributed by atoms with Crippen LogP contribution in [0.5, 0.6) is 0 Å². The van der Waals surface area contributed by atoms with Gasteiger partial charge in [0.1, 0.15) is 0 Å². The molecule has 3 heteroatoms. The molecule has 1 unspecified atom stereocenters. The topological polar surface area (TPSA) is 0 Å². The van der Waals surface area contributed by atoms with Crippen molar-refractivity contribution in [2.24, 2.45) is 5.41 Å². The van der Waals surface area contributed by atoms with E-state index in [-0.39, 0.29) is 30.2 Å². The molecule has 0 fully saturated rings. The van der Waals surface area contributed by atoms with Gasteiger partial charge in [-0.25, -0.2) is 0 Å². The monoisotopic (exact) mass is 526 g/mol. The Kier molecular flexibility index (Phi) is 8.60. The Balaban J connectivity index is 0.00000171. The van der Waals surface area contributed by atoms with Gasteiger partial charge >= 0.3 is 188 Å². The fourth-order valence-corrected chi connectivity index (χ4v) is 9.51. The van der Waals surface area contributed by atoms with E-state index in [2.05, 4.69) is 108 Å². The van der Waals surface area contributed by atoms with Crippen LogP contribution in [0.2, 0.25) is 0 Å². The molecule has 4 rings (SSSR count). The fraction of sp³-hybridized carbons (Fsp3) is 0.286. The Morgan fingerprint density at radius 3 is 2.10 bits per heavy atom. The molecule has 2 aromatic carbocycles. The third-order valence-corrected chi connectivity index (χ3v) is 12.7. The average Bonchev–Trinajstić information content (AvgIpc) is 3.11. The molecule has 31 heavy (non-hydrogen) atoms. The van der Waals surface area contributed by atoms with Crippen molar-refractivity contribution in [1.82, 2.24) is 0 Å². The van der Waals surface area contributed by atoms with E-state index in [1.165, 1.54) is 22.3 Å². The van der Waals surface area contributed by atoms with Crippen LogP contribution in [0.4, 0.5) is 0 Å². The van der Waals surface area contributed by atoms with Crippen LogP contribution in [0.25, 0.3) is 18.2 Å². The van der Waals surface area contributed by atoms with Crippen LogP contribution in [0.1, 0.15) is 67.4 Å². The summed E-state index contributed by atoms with van der Waals surface area (Å²) in [6, 6.07) is 17.5. The van der Waals surface area contributed by atoms with Crippen LogP contribution < -0.4 is 24.8 Å². The molecule has 0 heterocycles. The minimum atomic E-state index is -0.792. The average molecular weight is 529 g/mol. The molecule has 0 aliphatic heterocycles. The van der Waals surface area contributed by atoms with Crippen molar-refractivity contribution < 1.29 is 48.0 Å². The molecule has 0 saturated carbocycles. The Morgan fingerprint density at radius 2 is 1.48 bits per heavy atom. The first-order valence-corrected chi connectivity index (χ1v) is 13.2. The van der Waals surface area contributed by atoms with Crippen LogP contribution in [-0.2, 0) is 23.2 Å². The molecule has 2 aliphatic rings. The number of allylic oxidation sites excluding steroid dienone is 5. The maximum atomic E-state index is 2.45. The van der Waals surface area contributed by atoms with Gasteiger partial charge in [0, 0.05) is 0 Å². The molecule has 0 bridgehead atoms. The van der Waals surface area contributed by atoms with Crippen LogP contribution >= 0.6 is 0 Å². The summed E-state index contributed by atoms with van der Waals surface area (Å²) < 4.78 is 2.44. The van der Waals surface area contributed by atoms with Crippen molar-refractivity contribution in [3.8, 4) is 0 Å². The van der Waals surface area contributed by atoms with Crippen molar-refractivity contribution >= 4 is 18.2 Å². The first-order chi connectivity index (χ1) is 13.8. The summed E-state index contributed by atoms with van der Waals surface area (Å²) in [4.78, 5) is 0. The molecule has 1 atom stereocenters. The zero-order chi connectivity index (χ0) is 20.8. The van der Waals surface area contributed by atoms with E-state index in [1.54, 1.807) is 25.6 Å². The molecule has 0 spiro atoms. The minimum Gasteiger partial charge on any atom is -1.00 e. The summed E-state index contributed by atoms with van der Waals surface area (Å²) in [5, 5.41) is 0. The van der Waals surface area contributed by atoms with E-state index in [0.717, 1.165) is 0 Å². The number of benzene rings is 2. The predicted molar refractivity (Wildman–Crippen MR) is 123 cm³/mol. The predicted octanol–water partition coefficient (Wildman–Crippen LogP) is 2.06. The van der Waals surface area contributed by atoms with E-state index in [9.17, 15) is 0 Å². The molecule has 160 valence electrons. The quantitative estimate of drug-likeness (QED) is 0.533. The van der Waals surface area contributed by atoms with Crippen molar-refractivity contribution in [2.45, 2.75) is 45.2 Å². The maximum Gasteiger partial charge on any atom is -1.00 e. The third-order valence-electron chi connectivity index (χ3n) is 6.92. The summed E-state index contributed by atoms with van der Waals surface area (Å²) in [5.41, 5.74) is 12.1. The first-order valence-electron chi connectivity index (χ1n) is 10.5. The van der Waals surface area contributed by atoms with Crippen molar-refractivity contribution in [1.29, 1.82) is 0 Å². The Hall–Kier alpha value is -1.14. The van der Waals surface area contributed by atoms with Gasteiger partial charge in [-0.2, -0.15) is 0 Å². The summed E-state index contributed by atoms with van der Waals surface area (Å²) in [6.07, 6.45) is 6.97. The van der Waals surface area contributed by atoms with Gasteiger partial charge in [0.25, 0.3) is 0 Å². The standard InChI is InChI=1S/C18H15.C10H15.2ClH.Zr/c1-14-12-17-9-5-8-16(18(17)13-14)11-10-15-6-3-2-4-7-15;1-7-6-10(4,5)9(3)8(7)2;;;/h2-13H,1H3;1-5H3;2*1H;/q;;;;+2/p-2/b11-10+;;;;. The second-order valence-electron chi connectivity index (χ2n) is 8.93. The second kappa shape index (κ2) is 10.2. The second-order valence-corrected chi connectivity index (χ2v) is 12.3. The van der Waals surface area contributed by atoms with Crippen LogP contribution in [0.3, 0.4) is 0 Å². The molecular weight excluding hydrogens is 498 g/mol. The van der Waals surface area contributed by atoms with Gasteiger partial charge in [0.05, 0.1) is 0 Å². The smallest absolute Gasteiger partial charge is 1.00 e. The Bertz CT molecular complexity index is 1090. The van der Waals surface area contributed by atoms with Gasteiger partial charge in [-0.3, -0.25) is 0 Å². The normalized spacial score (nSPS) is 19.0. The zero-order valence-corrected chi connectivity index (χ0v) is 23.2. The minimum absolute atomic E-state index is 0. The summed E-state index contributed by atoms with van der Waals surface area (Å²) >= 11 is -0.792. The summed E-state index contributed by atoms with van der Waals surface area (Å²) in [7, 11) is 0. The SMILES string of the molecule is CC1=Cc2c(/C=C/c3ccccc3)cccc2[CH]1[Zr+2][C]1=C(C)C(C)=C(C)C1(C)C.[Cl-].[Cl-]. The van der Waals surface area contributed by atoms with Crippen LogP contribution in [0.15, 0.2) is 74.1 Å². The third kappa shape index (κ3) is 4.80. The number of rotatable bonds is 4. The first kappa shape index (κ1) is 26.1. The molecule has 2 aromatic rings. The number of hydrogen-bond donors (Lipinski definition) is 0. The largest absolute Gasteiger partial charge is 1.00 e.